The minimum atomic E-state index is -0.709. The maximum atomic E-state index is 12.3. The summed E-state index contributed by atoms with van der Waals surface area (Å²) in [6, 6.07) is 8.61. The standard InChI is InChI=1S/C20H28N2O5/c1-14(15-9-6-5-7-10-15)21-17(23)13-26-18(24)16-11-8-12-22(16)19(25)27-20(2,3)4/h5-7,9-10,14,16H,8,11-13H2,1-4H3,(H,21,23)/t14-,16-/m0/s1. The smallest absolute Gasteiger partial charge is 0.411 e. The Kier molecular flexibility index (Phi) is 6.82. The van der Waals surface area contributed by atoms with Crippen LogP contribution in [0.15, 0.2) is 30.3 Å². The number of carbonyl (C=O) groups excluding carboxylic acids is 3. The van der Waals surface area contributed by atoms with E-state index in [9.17, 15) is 14.4 Å². The van der Waals surface area contributed by atoms with E-state index >= 15 is 0 Å². The highest BCUT2D eigenvalue weighted by Gasteiger charge is 2.37. The molecule has 1 aromatic carbocycles. The highest BCUT2D eigenvalue weighted by Crippen LogP contribution is 2.21. The highest BCUT2D eigenvalue weighted by atomic mass is 16.6. The molecule has 1 saturated heterocycles. The van der Waals surface area contributed by atoms with Gasteiger partial charge in [0.05, 0.1) is 6.04 Å². The molecule has 1 aliphatic rings. The van der Waals surface area contributed by atoms with E-state index in [2.05, 4.69) is 5.32 Å². The Balaban J connectivity index is 1.83. The molecule has 1 aliphatic heterocycles. The number of amides is 2. The van der Waals surface area contributed by atoms with Crippen molar-refractivity contribution in [2.75, 3.05) is 13.2 Å². The molecule has 2 amide bonds. The summed E-state index contributed by atoms with van der Waals surface area (Å²) in [6.45, 7) is 7.22. The minimum Gasteiger partial charge on any atom is -0.454 e. The summed E-state index contributed by atoms with van der Waals surface area (Å²) in [4.78, 5) is 38.0. The number of likely N-dealkylation sites (tertiary alicyclic amines) is 1. The Morgan fingerprint density at radius 3 is 2.52 bits per heavy atom. The Hall–Kier alpha value is -2.57. The molecule has 0 radical (unpaired) electrons. The van der Waals surface area contributed by atoms with Gasteiger partial charge in [-0.1, -0.05) is 30.3 Å². The average Bonchev–Trinajstić information content (AvgIpc) is 3.09. The highest BCUT2D eigenvalue weighted by molar-refractivity contribution is 5.85. The molecular formula is C20H28N2O5. The Bertz CT molecular complexity index is 669. The van der Waals surface area contributed by atoms with Gasteiger partial charge in [0.25, 0.3) is 5.91 Å². The molecule has 0 spiro atoms. The monoisotopic (exact) mass is 376 g/mol. The zero-order valence-corrected chi connectivity index (χ0v) is 16.4. The van der Waals surface area contributed by atoms with Gasteiger partial charge in [0.15, 0.2) is 6.61 Å². The predicted molar refractivity (Wildman–Crippen MR) is 99.9 cm³/mol. The van der Waals surface area contributed by atoms with E-state index in [-0.39, 0.29) is 18.6 Å². The van der Waals surface area contributed by atoms with Gasteiger partial charge in [-0.3, -0.25) is 9.69 Å². The molecule has 0 aromatic heterocycles. The van der Waals surface area contributed by atoms with Gasteiger partial charge in [-0.15, -0.1) is 0 Å². The summed E-state index contributed by atoms with van der Waals surface area (Å²) >= 11 is 0. The summed E-state index contributed by atoms with van der Waals surface area (Å²) < 4.78 is 10.5. The molecule has 0 saturated carbocycles. The third kappa shape index (κ3) is 6.27. The quantitative estimate of drug-likeness (QED) is 0.799. The van der Waals surface area contributed by atoms with Gasteiger partial charge >= 0.3 is 12.1 Å². The van der Waals surface area contributed by atoms with Gasteiger partial charge in [-0.25, -0.2) is 9.59 Å². The zero-order valence-electron chi connectivity index (χ0n) is 16.4. The second kappa shape index (κ2) is 8.88. The fraction of sp³-hybridized carbons (Fsp3) is 0.550. The van der Waals surface area contributed by atoms with E-state index in [1.54, 1.807) is 20.8 Å². The summed E-state index contributed by atoms with van der Waals surface area (Å²) in [6.07, 6.45) is 0.653. The fourth-order valence-corrected chi connectivity index (χ4v) is 2.89. The Labute approximate surface area is 160 Å². The first-order chi connectivity index (χ1) is 12.7. The molecule has 7 nitrogen and oxygen atoms in total. The molecule has 1 heterocycles. The molecular weight excluding hydrogens is 348 g/mol. The van der Waals surface area contributed by atoms with Crippen molar-refractivity contribution in [3.63, 3.8) is 0 Å². The number of benzene rings is 1. The third-order valence-electron chi connectivity index (χ3n) is 4.18. The largest absolute Gasteiger partial charge is 0.454 e. The topological polar surface area (TPSA) is 84.9 Å². The van der Waals surface area contributed by atoms with Crippen molar-refractivity contribution in [3.8, 4) is 0 Å². The van der Waals surface area contributed by atoms with Crippen LogP contribution < -0.4 is 5.32 Å². The van der Waals surface area contributed by atoms with Crippen molar-refractivity contribution in [3.05, 3.63) is 35.9 Å². The van der Waals surface area contributed by atoms with Crippen molar-refractivity contribution in [1.82, 2.24) is 10.2 Å². The lowest BCUT2D eigenvalue weighted by Gasteiger charge is -2.27. The number of esters is 1. The lowest BCUT2D eigenvalue weighted by Crippen LogP contribution is -2.44. The van der Waals surface area contributed by atoms with Gasteiger partial charge in [0.2, 0.25) is 0 Å². The van der Waals surface area contributed by atoms with Crippen LogP contribution in [0.2, 0.25) is 0 Å². The van der Waals surface area contributed by atoms with Gasteiger partial charge in [-0.05, 0) is 46.1 Å². The molecule has 2 atom stereocenters. The van der Waals surface area contributed by atoms with Crippen LogP contribution in [0.3, 0.4) is 0 Å². The van der Waals surface area contributed by atoms with Gasteiger partial charge < -0.3 is 14.8 Å². The third-order valence-corrected chi connectivity index (χ3v) is 4.18. The van der Waals surface area contributed by atoms with Gasteiger partial charge in [0, 0.05) is 6.54 Å². The number of nitrogens with one attached hydrogen (secondary N) is 1. The van der Waals surface area contributed by atoms with E-state index in [0.717, 1.165) is 5.56 Å². The van der Waals surface area contributed by atoms with E-state index in [1.807, 2.05) is 37.3 Å². The number of nitrogens with zero attached hydrogens (tertiary/aromatic N) is 1. The van der Waals surface area contributed by atoms with Crippen molar-refractivity contribution < 1.29 is 23.9 Å². The summed E-state index contributed by atoms with van der Waals surface area (Å²) in [5.41, 5.74) is 0.325. The second-order valence-electron chi connectivity index (χ2n) is 7.64. The number of rotatable bonds is 5. The van der Waals surface area contributed by atoms with Crippen molar-refractivity contribution in [2.24, 2.45) is 0 Å². The number of hydrogen-bond donors (Lipinski definition) is 1. The van der Waals surface area contributed by atoms with Gasteiger partial charge in [-0.2, -0.15) is 0 Å². The molecule has 7 heteroatoms. The first kappa shape index (κ1) is 20.7. The van der Waals surface area contributed by atoms with E-state index in [0.29, 0.717) is 19.4 Å². The van der Waals surface area contributed by atoms with Gasteiger partial charge in [0.1, 0.15) is 11.6 Å². The maximum absolute atomic E-state index is 12.3. The number of hydrogen-bond acceptors (Lipinski definition) is 5. The first-order valence-corrected chi connectivity index (χ1v) is 9.18. The van der Waals surface area contributed by atoms with Crippen LogP contribution in [0.1, 0.15) is 52.1 Å². The molecule has 27 heavy (non-hydrogen) atoms. The van der Waals surface area contributed by atoms with Crippen LogP contribution in [0, 0.1) is 0 Å². The van der Waals surface area contributed by atoms with Crippen LogP contribution in [0.5, 0.6) is 0 Å². The SMILES string of the molecule is C[C@H](NC(=O)COC(=O)[C@@H]1CCCN1C(=O)OC(C)(C)C)c1ccccc1. The first-order valence-electron chi connectivity index (χ1n) is 9.18. The molecule has 0 aliphatic carbocycles. The van der Waals surface area contributed by atoms with Crippen molar-refractivity contribution in [1.29, 1.82) is 0 Å². The normalized spacial score (nSPS) is 17.9. The van der Waals surface area contributed by atoms with Crippen LogP contribution in [-0.4, -0.2) is 47.7 Å². The van der Waals surface area contributed by atoms with E-state index < -0.39 is 23.7 Å². The minimum absolute atomic E-state index is 0.192. The summed E-state index contributed by atoms with van der Waals surface area (Å²) in [7, 11) is 0. The Morgan fingerprint density at radius 1 is 1.22 bits per heavy atom. The van der Waals surface area contributed by atoms with Crippen LogP contribution in [0.4, 0.5) is 4.79 Å². The molecule has 0 unspecified atom stereocenters. The molecule has 2 rings (SSSR count). The number of ether oxygens (including phenoxy) is 2. The lowest BCUT2D eigenvalue weighted by molar-refractivity contribution is -0.152. The summed E-state index contributed by atoms with van der Waals surface area (Å²) in [5.74, 6) is -0.970. The maximum Gasteiger partial charge on any atom is 0.411 e. The predicted octanol–water partition coefficient (Wildman–Crippen LogP) is 2.81. The van der Waals surface area contributed by atoms with Crippen molar-refractivity contribution >= 4 is 18.0 Å². The lowest BCUT2D eigenvalue weighted by atomic mass is 10.1. The average molecular weight is 376 g/mol. The molecule has 1 N–H and O–H groups in total. The van der Waals surface area contributed by atoms with E-state index in [4.69, 9.17) is 9.47 Å². The van der Waals surface area contributed by atoms with Crippen LogP contribution in [0.25, 0.3) is 0 Å². The second-order valence-corrected chi connectivity index (χ2v) is 7.64. The van der Waals surface area contributed by atoms with E-state index in [1.165, 1.54) is 4.90 Å². The molecule has 0 bridgehead atoms. The van der Waals surface area contributed by atoms with Crippen LogP contribution >= 0.6 is 0 Å². The Morgan fingerprint density at radius 2 is 1.89 bits per heavy atom. The molecule has 1 fully saturated rings. The zero-order chi connectivity index (χ0) is 20.0. The molecule has 148 valence electrons. The summed E-state index contributed by atoms with van der Waals surface area (Å²) in [5, 5.41) is 2.79. The number of carbonyl (C=O) groups is 3. The van der Waals surface area contributed by atoms with Crippen LogP contribution in [-0.2, 0) is 19.1 Å². The van der Waals surface area contributed by atoms with Crippen molar-refractivity contribution in [2.45, 2.75) is 58.2 Å². The molecule has 1 aromatic rings. The fourth-order valence-electron chi connectivity index (χ4n) is 2.89.